The first-order valence-electron chi connectivity index (χ1n) is 7.64. The van der Waals surface area contributed by atoms with Crippen molar-refractivity contribution in [3.8, 4) is 0 Å². The number of rotatable bonds is 7. The van der Waals surface area contributed by atoms with Crippen molar-refractivity contribution in [2.75, 3.05) is 26.7 Å². The van der Waals surface area contributed by atoms with Crippen LogP contribution < -0.4 is 16.0 Å². The van der Waals surface area contributed by atoms with E-state index in [0.717, 1.165) is 31.2 Å². The third-order valence-electron chi connectivity index (χ3n) is 3.22. The number of nitrogens with zero attached hydrogens (tertiary/aromatic N) is 2. The first kappa shape index (κ1) is 17.9. The van der Waals surface area contributed by atoms with Crippen LogP contribution in [0.3, 0.4) is 0 Å². The van der Waals surface area contributed by atoms with Crippen molar-refractivity contribution in [3.05, 3.63) is 30.1 Å². The first-order valence-corrected chi connectivity index (χ1v) is 7.64. The highest BCUT2D eigenvalue weighted by Crippen LogP contribution is 2.15. The Morgan fingerprint density at radius 2 is 2.09 bits per heavy atom. The number of aliphatic imine (C=N–C) groups is 1. The molecular weight excluding hydrogens is 278 g/mol. The molecule has 0 atom stereocenters. The van der Waals surface area contributed by atoms with Crippen LogP contribution in [-0.2, 0) is 11.2 Å². The molecule has 122 valence electrons. The maximum Gasteiger partial charge on any atom is 0.227 e. The second-order valence-electron chi connectivity index (χ2n) is 5.66. The summed E-state index contributed by atoms with van der Waals surface area (Å²) in [5.41, 5.74) is 0.509. The van der Waals surface area contributed by atoms with Crippen LogP contribution in [0.5, 0.6) is 0 Å². The predicted molar refractivity (Wildman–Crippen MR) is 89.8 cm³/mol. The molecule has 0 spiro atoms. The molecule has 0 saturated carbocycles. The van der Waals surface area contributed by atoms with E-state index in [1.165, 1.54) is 0 Å². The molecule has 6 heteroatoms. The highest BCUT2D eigenvalue weighted by Gasteiger charge is 2.26. The monoisotopic (exact) mass is 305 g/mol. The summed E-state index contributed by atoms with van der Waals surface area (Å²) in [6.07, 6.45) is 2.62. The number of aromatic nitrogens is 1. The molecule has 3 N–H and O–H groups in total. The van der Waals surface area contributed by atoms with Crippen LogP contribution in [0.25, 0.3) is 0 Å². The zero-order valence-corrected chi connectivity index (χ0v) is 13.9. The maximum atomic E-state index is 11.8. The van der Waals surface area contributed by atoms with Gasteiger partial charge >= 0.3 is 0 Å². The minimum Gasteiger partial charge on any atom is -0.359 e. The van der Waals surface area contributed by atoms with Crippen molar-refractivity contribution < 1.29 is 4.79 Å². The highest BCUT2D eigenvalue weighted by atomic mass is 16.2. The predicted octanol–water partition coefficient (Wildman–Crippen LogP) is 0.951. The van der Waals surface area contributed by atoms with Gasteiger partial charge < -0.3 is 16.0 Å². The van der Waals surface area contributed by atoms with Gasteiger partial charge in [-0.15, -0.1) is 0 Å². The zero-order valence-electron chi connectivity index (χ0n) is 13.9. The molecule has 0 aromatic carbocycles. The van der Waals surface area contributed by atoms with Gasteiger partial charge in [-0.2, -0.15) is 0 Å². The summed E-state index contributed by atoms with van der Waals surface area (Å²) >= 11 is 0. The summed E-state index contributed by atoms with van der Waals surface area (Å²) in [6.45, 7) is 7.71. The van der Waals surface area contributed by atoms with Gasteiger partial charge in [0.15, 0.2) is 5.96 Å². The maximum absolute atomic E-state index is 11.8. The smallest absolute Gasteiger partial charge is 0.227 e. The quantitative estimate of drug-likeness (QED) is 0.518. The van der Waals surface area contributed by atoms with Crippen molar-refractivity contribution >= 4 is 11.9 Å². The molecule has 0 aliphatic rings. The van der Waals surface area contributed by atoms with Gasteiger partial charge in [-0.1, -0.05) is 6.07 Å². The van der Waals surface area contributed by atoms with Crippen LogP contribution in [-0.4, -0.2) is 43.5 Å². The van der Waals surface area contributed by atoms with Gasteiger partial charge in [0.25, 0.3) is 0 Å². The molecule has 1 aromatic heterocycles. The number of hydrogen-bond acceptors (Lipinski definition) is 3. The largest absolute Gasteiger partial charge is 0.359 e. The van der Waals surface area contributed by atoms with Gasteiger partial charge in [-0.3, -0.25) is 14.8 Å². The van der Waals surface area contributed by atoms with Gasteiger partial charge in [0, 0.05) is 38.4 Å². The van der Waals surface area contributed by atoms with Crippen molar-refractivity contribution in [2.24, 2.45) is 10.4 Å². The first-order chi connectivity index (χ1) is 10.5. The molecule has 0 bridgehead atoms. The molecule has 0 fully saturated rings. The fourth-order valence-corrected chi connectivity index (χ4v) is 1.88. The summed E-state index contributed by atoms with van der Waals surface area (Å²) < 4.78 is 0. The average Bonchev–Trinajstić information content (AvgIpc) is 2.52. The van der Waals surface area contributed by atoms with Crippen LogP contribution >= 0.6 is 0 Å². The normalized spacial score (nSPS) is 11.9. The molecule has 0 unspecified atom stereocenters. The molecule has 0 aliphatic heterocycles. The Labute approximate surface area is 132 Å². The summed E-state index contributed by atoms with van der Waals surface area (Å²) in [5.74, 6) is 0.705. The van der Waals surface area contributed by atoms with Crippen LogP contribution in [0.4, 0.5) is 0 Å². The molecule has 1 heterocycles. The summed E-state index contributed by atoms with van der Waals surface area (Å²) in [7, 11) is 1.64. The number of guanidine groups is 1. The minimum absolute atomic E-state index is 0.0133. The van der Waals surface area contributed by atoms with Crippen molar-refractivity contribution in [3.63, 3.8) is 0 Å². The van der Waals surface area contributed by atoms with Crippen LogP contribution in [0.2, 0.25) is 0 Å². The molecule has 0 saturated heterocycles. The minimum atomic E-state index is -0.530. The summed E-state index contributed by atoms with van der Waals surface area (Å²) in [4.78, 5) is 20.6. The van der Waals surface area contributed by atoms with Crippen molar-refractivity contribution in [1.29, 1.82) is 0 Å². The number of carbonyl (C=O) groups excluding carboxylic acids is 1. The van der Waals surface area contributed by atoms with Gasteiger partial charge in [0.2, 0.25) is 5.91 Å². The Hall–Kier alpha value is -2.11. The zero-order chi connectivity index (χ0) is 16.4. The van der Waals surface area contributed by atoms with E-state index in [2.05, 4.69) is 25.9 Å². The van der Waals surface area contributed by atoms with Gasteiger partial charge in [-0.25, -0.2) is 0 Å². The number of hydrogen-bond donors (Lipinski definition) is 3. The Kier molecular flexibility index (Phi) is 7.36. The van der Waals surface area contributed by atoms with E-state index < -0.39 is 5.41 Å². The second kappa shape index (κ2) is 9.02. The van der Waals surface area contributed by atoms with Gasteiger partial charge in [-0.05, 0) is 32.9 Å². The lowest BCUT2D eigenvalue weighted by molar-refractivity contribution is -0.128. The molecule has 6 nitrogen and oxygen atoms in total. The molecule has 1 amide bonds. The van der Waals surface area contributed by atoms with Gasteiger partial charge in [0.1, 0.15) is 0 Å². The SMILES string of the molecule is CCNC(=NCC(C)(C)C(=O)NC)NCCc1ccccn1. The Balaban J connectivity index is 2.53. The van der Waals surface area contributed by atoms with Gasteiger partial charge in [0.05, 0.1) is 12.0 Å². The van der Waals surface area contributed by atoms with Crippen LogP contribution in [0.1, 0.15) is 26.5 Å². The number of nitrogens with one attached hydrogen (secondary N) is 3. The standard InChI is InChI=1S/C16H27N5O/c1-5-18-15(21-12-16(2,3)14(22)17-4)20-11-9-13-8-6-7-10-19-13/h6-8,10H,5,9,11-12H2,1-4H3,(H,17,22)(H2,18,20,21). The number of carbonyl (C=O) groups is 1. The topological polar surface area (TPSA) is 78.4 Å². The Bertz CT molecular complexity index is 485. The van der Waals surface area contributed by atoms with Crippen molar-refractivity contribution in [1.82, 2.24) is 20.9 Å². The second-order valence-corrected chi connectivity index (χ2v) is 5.66. The molecule has 1 aromatic rings. The van der Waals surface area contributed by atoms with E-state index in [4.69, 9.17) is 0 Å². The van der Waals surface area contributed by atoms with E-state index in [9.17, 15) is 4.79 Å². The summed E-state index contributed by atoms with van der Waals surface area (Å²) in [5, 5.41) is 9.12. The third-order valence-corrected chi connectivity index (χ3v) is 3.22. The fraction of sp³-hybridized carbons (Fsp3) is 0.562. The lowest BCUT2D eigenvalue weighted by Gasteiger charge is -2.21. The van der Waals surface area contributed by atoms with Crippen LogP contribution in [0.15, 0.2) is 29.4 Å². The van der Waals surface area contributed by atoms with E-state index >= 15 is 0 Å². The van der Waals surface area contributed by atoms with Crippen LogP contribution in [0, 0.1) is 5.41 Å². The average molecular weight is 305 g/mol. The highest BCUT2D eigenvalue weighted by molar-refractivity contribution is 5.83. The molecule has 1 rings (SSSR count). The third kappa shape index (κ3) is 6.11. The molecule has 22 heavy (non-hydrogen) atoms. The van der Waals surface area contributed by atoms with E-state index in [-0.39, 0.29) is 5.91 Å². The Morgan fingerprint density at radius 3 is 2.68 bits per heavy atom. The molecule has 0 aliphatic carbocycles. The summed E-state index contributed by atoms with van der Waals surface area (Å²) in [6, 6.07) is 5.89. The molecule has 0 radical (unpaired) electrons. The van der Waals surface area contributed by atoms with Crippen molar-refractivity contribution in [2.45, 2.75) is 27.2 Å². The lowest BCUT2D eigenvalue weighted by atomic mass is 9.93. The molecular formula is C16H27N5O. The van der Waals surface area contributed by atoms with E-state index in [0.29, 0.717) is 6.54 Å². The lowest BCUT2D eigenvalue weighted by Crippen LogP contribution is -2.41. The number of amides is 1. The Morgan fingerprint density at radius 1 is 1.32 bits per heavy atom. The van der Waals surface area contributed by atoms with E-state index in [1.54, 1.807) is 13.2 Å². The fourth-order valence-electron chi connectivity index (χ4n) is 1.88. The number of pyridine rings is 1. The van der Waals surface area contributed by atoms with E-state index in [1.807, 2.05) is 39.0 Å².